The van der Waals surface area contributed by atoms with Crippen LogP contribution in [0.3, 0.4) is 0 Å². The number of imidazole rings is 1. The summed E-state index contributed by atoms with van der Waals surface area (Å²) in [5.41, 5.74) is 8.94. The number of carboxylic acids is 1. The summed E-state index contributed by atoms with van der Waals surface area (Å²) < 4.78 is 12.4. The molecule has 1 heterocycles. The maximum absolute atomic E-state index is 13.2. The highest BCUT2D eigenvalue weighted by atomic mass is 16.6. The number of carboxylic acid groups (broad SMARTS) is 1. The van der Waals surface area contributed by atoms with Crippen molar-refractivity contribution < 1.29 is 29.0 Å². The van der Waals surface area contributed by atoms with Crippen molar-refractivity contribution in [2.45, 2.75) is 24.3 Å². The third kappa shape index (κ3) is 5.22. The molecular formula is C36H29N3O6. The van der Waals surface area contributed by atoms with Gasteiger partial charge in [-0.2, -0.15) is 0 Å². The number of fused-ring (bicyclic) bond motifs is 6. The van der Waals surface area contributed by atoms with Crippen molar-refractivity contribution in [3.63, 3.8) is 0 Å². The zero-order valence-electron chi connectivity index (χ0n) is 24.1. The van der Waals surface area contributed by atoms with Gasteiger partial charge in [0.1, 0.15) is 25.6 Å². The Morgan fingerprint density at radius 3 is 1.62 bits per heavy atom. The van der Waals surface area contributed by atoms with E-state index in [0.717, 1.165) is 44.5 Å². The van der Waals surface area contributed by atoms with Crippen LogP contribution < -0.4 is 5.32 Å². The second-order valence-electron chi connectivity index (χ2n) is 11.1. The number of nitrogens with one attached hydrogen (secondary N) is 1. The molecule has 0 spiro atoms. The molecule has 1 aromatic heterocycles. The molecule has 7 rings (SSSR count). The topological polar surface area (TPSA) is 120 Å². The average molecular weight is 600 g/mol. The van der Waals surface area contributed by atoms with Crippen molar-refractivity contribution in [3.8, 4) is 22.3 Å². The molecule has 0 saturated heterocycles. The summed E-state index contributed by atoms with van der Waals surface area (Å²) >= 11 is 0. The van der Waals surface area contributed by atoms with Gasteiger partial charge in [-0.3, -0.25) is 0 Å². The van der Waals surface area contributed by atoms with Gasteiger partial charge in [0.05, 0.1) is 5.69 Å². The first-order valence-corrected chi connectivity index (χ1v) is 14.7. The smallest absolute Gasteiger partial charge is 0.419 e. The fraction of sp³-hybridized carbons (Fsp3) is 0.167. The molecule has 9 nitrogen and oxygen atoms in total. The van der Waals surface area contributed by atoms with E-state index in [1.54, 1.807) is 0 Å². The largest absolute Gasteiger partial charge is 0.480 e. The van der Waals surface area contributed by atoms with Crippen LogP contribution in [-0.4, -0.2) is 52.1 Å². The number of aromatic nitrogens is 2. The molecule has 0 fully saturated rings. The third-order valence-electron chi connectivity index (χ3n) is 8.59. The van der Waals surface area contributed by atoms with Crippen molar-refractivity contribution in [2.75, 3.05) is 13.2 Å². The van der Waals surface area contributed by atoms with E-state index < -0.39 is 24.2 Å². The molecule has 2 N–H and O–H groups in total. The third-order valence-corrected chi connectivity index (χ3v) is 8.59. The van der Waals surface area contributed by atoms with Crippen LogP contribution in [0, 0.1) is 0 Å². The molecule has 5 aromatic rings. The molecule has 0 bridgehead atoms. The monoisotopic (exact) mass is 599 g/mol. The van der Waals surface area contributed by atoms with E-state index in [0.29, 0.717) is 0 Å². The van der Waals surface area contributed by atoms with E-state index in [1.165, 1.54) is 17.1 Å². The summed E-state index contributed by atoms with van der Waals surface area (Å²) in [6, 6.07) is 30.6. The second-order valence-corrected chi connectivity index (χ2v) is 11.1. The molecule has 0 aliphatic heterocycles. The second kappa shape index (κ2) is 11.8. The Morgan fingerprint density at radius 2 is 1.16 bits per heavy atom. The minimum atomic E-state index is -1.36. The van der Waals surface area contributed by atoms with Crippen LogP contribution in [-0.2, 0) is 20.7 Å². The van der Waals surface area contributed by atoms with Crippen LogP contribution in [0.15, 0.2) is 110 Å². The highest BCUT2D eigenvalue weighted by Crippen LogP contribution is 2.45. The van der Waals surface area contributed by atoms with Crippen LogP contribution >= 0.6 is 0 Å². The number of hydrogen-bond donors (Lipinski definition) is 2. The number of benzene rings is 4. The minimum absolute atomic E-state index is 0.0455. The van der Waals surface area contributed by atoms with Gasteiger partial charge in [0.2, 0.25) is 0 Å². The van der Waals surface area contributed by atoms with Crippen molar-refractivity contribution in [1.29, 1.82) is 0 Å². The summed E-state index contributed by atoms with van der Waals surface area (Å²) in [5, 5.41) is 12.3. The Morgan fingerprint density at radius 1 is 0.711 bits per heavy atom. The summed E-state index contributed by atoms with van der Waals surface area (Å²) in [6.45, 7) is 0.148. The van der Waals surface area contributed by atoms with Gasteiger partial charge in [-0.05, 0) is 44.5 Å². The molecule has 4 aromatic carbocycles. The zero-order valence-corrected chi connectivity index (χ0v) is 24.1. The van der Waals surface area contributed by atoms with Crippen molar-refractivity contribution in [3.05, 3.63) is 138 Å². The van der Waals surface area contributed by atoms with E-state index in [9.17, 15) is 19.5 Å². The van der Waals surface area contributed by atoms with E-state index in [4.69, 9.17) is 9.47 Å². The van der Waals surface area contributed by atoms with E-state index in [1.807, 2.05) is 84.9 Å². The first kappa shape index (κ1) is 28.1. The van der Waals surface area contributed by atoms with Gasteiger partial charge in [-0.25, -0.2) is 23.9 Å². The molecule has 1 amide bonds. The van der Waals surface area contributed by atoms with E-state index in [2.05, 4.69) is 22.4 Å². The SMILES string of the molecule is O=C(N[C@@H](Cc1cncn1C(=O)OCC1c2ccccc2-c2ccccc21)C(=O)O)OCC1c2ccccc2-c2ccccc21. The standard InChI is InChI=1S/C36H29N3O6/c40-34(41)33(38-35(42)44-19-31-27-13-5-1-9-23(27)24-10-2-6-14-28(24)31)17-22-18-37-21-39(22)36(43)45-20-32-29-15-7-3-11-25(29)26-12-4-8-16-30(26)32/h1-16,18,21,31-33H,17,19-20H2,(H,38,42)(H,40,41)/t33-/m0/s1. The van der Waals surface area contributed by atoms with Crippen LogP contribution in [0.2, 0.25) is 0 Å². The highest BCUT2D eigenvalue weighted by Gasteiger charge is 2.32. The number of rotatable bonds is 8. The van der Waals surface area contributed by atoms with E-state index in [-0.39, 0.29) is 37.2 Å². The minimum Gasteiger partial charge on any atom is -0.480 e. The zero-order chi connectivity index (χ0) is 30.9. The normalized spacial score (nSPS) is 13.7. The first-order valence-electron chi connectivity index (χ1n) is 14.7. The fourth-order valence-corrected chi connectivity index (χ4v) is 6.49. The van der Waals surface area contributed by atoms with Gasteiger partial charge in [0, 0.05) is 24.5 Å². The summed E-state index contributed by atoms with van der Waals surface area (Å²) in [7, 11) is 0. The Balaban J connectivity index is 0.997. The maximum Gasteiger partial charge on any atom is 0.419 e. The van der Waals surface area contributed by atoms with Gasteiger partial charge in [-0.15, -0.1) is 0 Å². The summed E-state index contributed by atoms with van der Waals surface area (Å²) in [4.78, 5) is 42.2. The first-order chi connectivity index (χ1) is 22.0. The van der Waals surface area contributed by atoms with Crippen LogP contribution in [0.1, 0.15) is 39.8 Å². The number of alkyl carbamates (subject to hydrolysis) is 1. The van der Waals surface area contributed by atoms with Gasteiger partial charge in [-0.1, -0.05) is 97.1 Å². The highest BCUT2D eigenvalue weighted by molar-refractivity contribution is 5.82. The van der Waals surface area contributed by atoms with Crippen LogP contribution in [0.25, 0.3) is 22.3 Å². The maximum atomic E-state index is 13.2. The van der Waals surface area contributed by atoms with Gasteiger partial charge in [0.15, 0.2) is 0 Å². The number of aliphatic carboxylic acids is 1. The van der Waals surface area contributed by atoms with Crippen molar-refractivity contribution >= 4 is 18.2 Å². The lowest BCUT2D eigenvalue weighted by Crippen LogP contribution is -2.43. The lowest BCUT2D eigenvalue weighted by Gasteiger charge is -2.18. The number of amides is 1. The van der Waals surface area contributed by atoms with Crippen molar-refractivity contribution in [1.82, 2.24) is 14.9 Å². The van der Waals surface area contributed by atoms with E-state index >= 15 is 0 Å². The van der Waals surface area contributed by atoms with Gasteiger partial charge < -0.3 is 19.9 Å². The number of carbonyl (C=O) groups excluding carboxylic acids is 2. The Hall–Kier alpha value is -5.70. The Labute approximate surface area is 259 Å². The molecule has 0 unspecified atom stereocenters. The van der Waals surface area contributed by atoms with Gasteiger partial charge >= 0.3 is 18.2 Å². The van der Waals surface area contributed by atoms with Gasteiger partial charge in [0.25, 0.3) is 0 Å². The predicted molar refractivity (Wildman–Crippen MR) is 166 cm³/mol. The average Bonchev–Trinajstić information content (AvgIpc) is 3.75. The fourth-order valence-electron chi connectivity index (χ4n) is 6.49. The molecule has 2 aliphatic rings. The number of hydrogen-bond acceptors (Lipinski definition) is 6. The molecule has 224 valence electrons. The van der Waals surface area contributed by atoms with Crippen LogP contribution in [0.5, 0.6) is 0 Å². The number of nitrogens with zero attached hydrogens (tertiary/aromatic N) is 2. The number of ether oxygens (including phenoxy) is 2. The lowest BCUT2D eigenvalue weighted by atomic mass is 9.98. The summed E-state index contributed by atoms with van der Waals surface area (Å²) in [5.74, 6) is -1.57. The Kier molecular flexibility index (Phi) is 7.34. The molecule has 1 atom stereocenters. The summed E-state index contributed by atoms with van der Waals surface area (Å²) in [6.07, 6.45) is 0.909. The number of carbonyl (C=O) groups is 3. The quantitative estimate of drug-likeness (QED) is 0.217. The molecular weight excluding hydrogens is 570 g/mol. The van der Waals surface area contributed by atoms with Crippen molar-refractivity contribution in [2.24, 2.45) is 0 Å². The molecule has 45 heavy (non-hydrogen) atoms. The molecule has 2 aliphatic carbocycles. The molecule has 9 heteroatoms. The Bertz CT molecular complexity index is 1840. The van der Waals surface area contributed by atoms with Crippen LogP contribution in [0.4, 0.5) is 9.59 Å². The predicted octanol–water partition coefficient (Wildman–Crippen LogP) is 6.21. The lowest BCUT2D eigenvalue weighted by molar-refractivity contribution is -0.139. The molecule has 0 radical (unpaired) electrons. The molecule has 0 saturated carbocycles.